The third-order valence-corrected chi connectivity index (χ3v) is 5.29. The number of carbonyl (C=O) groups excluding carboxylic acids is 1. The van der Waals surface area contributed by atoms with Crippen LogP contribution in [-0.4, -0.2) is 5.91 Å². The summed E-state index contributed by atoms with van der Waals surface area (Å²) in [5.74, 6) is 2.38. The van der Waals surface area contributed by atoms with Crippen molar-refractivity contribution in [2.45, 2.75) is 12.8 Å². The number of amides is 1. The summed E-state index contributed by atoms with van der Waals surface area (Å²) in [5, 5.41) is 3.04. The van der Waals surface area contributed by atoms with Crippen molar-refractivity contribution in [2.24, 2.45) is 0 Å². The van der Waals surface area contributed by atoms with E-state index in [1.165, 1.54) is 0 Å². The molecule has 0 aliphatic carbocycles. The lowest BCUT2D eigenvalue weighted by atomic mass is 9.87. The lowest BCUT2D eigenvalue weighted by Gasteiger charge is -2.27. The van der Waals surface area contributed by atoms with Gasteiger partial charge in [0, 0.05) is 16.8 Å². The quantitative estimate of drug-likeness (QED) is 0.411. The molecule has 0 unspecified atom stereocenters. The molecule has 1 amide bonds. The monoisotopic (exact) mass is 407 g/mol. The number of aryl methyl sites for hydroxylation is 1. The van der Waals surface area contributed by atoms with Crippen molar-refractivity contribution in [1.29, 1.82) is 0 Å². The second-order valence-electron chi connectivity index (χ2n) is 7.54. The van der Waals surface area contributed by atoms with E-state index in [4.69, 9.17) is 9.47 Å². The van der Waals surface area contributed by atoms with E-state index < -0.39 is 5.92 Å². The van der Waals surface area contributed by atoms with E-state index in [0.29, 0.717) is 22.9 Å². The molecule has 5 rings (SSSR count). The van der Waals surface area contributed by atoms with E-state index in [0.717, 1.165) is 22.4 Å². The third-order valence-electron chi connectivity index (χ3n) is 5.29. The van der Waals surface area contributed by atoms with Gasteiger partial charge in [0.2, 0.25) is 5.91 Å². The molecule has 1 N–H and O–H groups in total. The number of benzene rings is 4. The highest BCUT2D eigenvalue weighted by molar-refractivity contribution is 5.99. The topological polar surface area (TPSA) is 47.6 Å². The molecule has 0 aromatic heterocycles. The number of anilines is 1. The van der Waals surface area contributed by atoms with Crippen molar-refractivity contribution < 1.29 is 14.3 Å². The van der Waals surface area contributed by atoms with Gasteiger partial charge in [-0.2, -0.15) is 0 Å². The molecule has 4 nitrogen and oxygen atoms in total. The summed E-state index contributed by atoms with van der Waals surface area (Å²) in [7, 11) is 0. The van der Waals surface area contributed by atoms with Crippen LogP contribution in [0.4, 0.5) is 5.69 Å². The van der Waals surface area contributed by atoms with Crippen LogP contribution in [0, 0.1) is 6.92 Å². The van der Waals surface area contributed by atoms with Gasteiger partial charge in [-0.25, -0.2) is 0 Å². The maximum Gasteiger partial charge on any atom is 0.236 e. The Balaban J connectivity index is 1.37. The first-order valence-corrected chi connectivity index (χ1v) is 10.2. The van der Waals surface area contributed by atoms with Crippen molar-refractivity contribution in [3.63, 3.8) is 0 Å². The molecule has 4 aromatic carbocycles. The summed E-state index contributed by atoms with van der Waals surface area (Å²) >= 11 is 0. The SMILES string of the molecule is Cc1cccc(Oc2ccc(NC(=O)C3c4ccccc4Oc4ccccc43)cc2)c1. The van der Waals surface area contributed by atoms with Gasteiger partial charge in [-0.15, -0.1) is 0 Å². The first-order chi connectivity index (χ1) is 15.2. The largest absolute Gasteiger partial charge is 0.457 e. The van der Waals surface area contributed by atoms with E-state index in [9.17, 15) is 4.79 Å². The first-order valence-electron chi connectivity index (χ1n) is 10.2. The fourth-order valence-electron chi connectivity index (χ4n) is 3.83. The Morgan fingerprint density at radius 1 is 0.774 bits per heavy atom. The minimum atomic E-state index is -0.440. The first kappa shape index (κ1) is 18.9. The zero-order valence-electron chi connectivity index (χ0n) is 17.0. The van der Waals surface area contributed by atoms with Crippen molar-refractivity contribution in [1.82, 2.24) is 0 Å². The normalized spacial score (nSPS) is 12.3. The van der Waals surface area contributed by atoms with Gasteiger partial charge < -0.3 is 14.8 Å². The van der Waals surface area contributed by atoms with Crippen LogP contribution in [-0.2, 0) is 4.79 Å². The molecule has 0 fully saturated rings. The summed E-state index contributed by atoms with van der Waals surface area (Å²) in [6, 6.07) is 30.6. The van der Waals surface area contributed by atoms with E-state index in [1.54, 1.807) is 0 Å². The highest BCUT2D eigenvalue weighted by atomic mass is 16.5. The number of rotatable bonds is 4. The average molecular weight is 407 g/mol. The molecular formula is C27H21NO3. The van der Waals surface area contributed by atoms with Crippen LogP contribution >= 0.6 is 0 Å². The molecule has 31 heavy (non-hydrogen) atoms. The van der Waals surface area contributed by atoms with E-state index >= 15 is 0 Å². The Hall–Kier alpha value is -4.05. The van der Waals surface area contributed by atoms with E-state index in [2.05, 4.69) is 5.32 Å². The molecule has 152 valence electrons. The van der Waals surface area contributed by atoms with Crippen molar-refractivity contribution >= 4 is 11.6 Å². The molecule has 0 spiro atoms. The highest BCUT2D eigenvalue weighted by Gasteiger charge is 2.32. The molecular weight excluding hydrogens is 386 g/mol. The standard InChI is InChI=1S/C27H21NO3/c1-18-7-6-8-21(17-18)30-20-15-13-19(14-16-20)28-27(29)26-22-9-2-4-11-24(22)31-25-12-5-3-10-23(25)26/h2-17,26H,1H3,(H,28,29). The molecule has 0 bridgehead atoms. The molecule has 0 saturated heterocycles. The van der Waals surface area contributed by atoms with Gasteiger partial charge in [0.05, 0.1) is 5.92 Å². The van der Waals surface area contributed by atoms with Crippen LogP contribution in [0.5, 0.6) is 23.0 Å². The lowest BCUT2D eigenvalue weighted by Crippen LogP contribution is -2.25. The fraction of sp³-hybridized carbons (Fsp3) is 0.0741. The molecule has 1 heterocycles. The van der Waals surface area contributed by atoms with Crippen LogP contribution in [0.2, 0.25) is 0 Å². The van der Waals surface area contributed by atoms with Gasteiger partial charge >= 0.3 is 0 Å². The highest BCUT2D eigenvalue weighted by Crippen LogP contribution is 2.44. The number of nitrogens with one attached hydrogen (secondary N) is 1. The number of hydrogen-bond acceptors (Lipinski definition) is 3. The molecule has 0 atom stereocenters. The third kappa shape index (κ3) is 3.88. The van der Waals surface area contributed by atoms with E-state index in [-0.39, 0.29) is 5.91 Å². The van der Waals surface area contributed by atoms with Crippen LogP contribution in [0.3, 0.4) is 0 Å². The zero-order valence-corrected chi connectivity index (χ0v) is 17.0. The van der Waals surface area contributed by atoms with Crippen LogP contribution in [0.25, 0.3) is 0 Å². The molecule has 0 saturated carbocycles. The maximum absolute atomic E-state index is 13.3. The van der Waals surface area contributed by atoms with Crippen LogP contribution in [0.15, 0.2) is 97.1 Å². The van der Waals surface area contributed by atoms with Crippen molar-refractivity contribution in [3.8, 4) is 23.0 Å². The summed E-state index contributed by atoms with van der Waals surface area (Å²) in [4.78, 5) is 13.3. The second-order valence-corrected chi connectivity index (χ2v) is 7.54. The maximum atomic E-state index is 13.3. The molecule has 1 aliphatic rings. The second kappa shape index (κ2) is 8.00. The summed E-state index contributed by atoms with van der Waals surface area (Å²) < 4.78 is 11.9. The summed E-state index contributed by atoms with van der Waals surface area (Å²) in [6.45, 7) is 2.03. The van der Waals surface area contributed by atoms with Crippen molar-refractivity contribution in [2.75, 3.05) is 5.32 Å². The number of ether oxygens (including phenoxy) is 2. The van der Waals surface area contributed by atoms with E-state index in [1.807, 2.05) is 104 Å². The fourth-order valence-corrected chi connectivity index (χ4v) is 3.83. The lowest BCUT2D eigenvalue weighted by molar-refractivity contribution is -0.116. The average Bonchev–Trinajstić information content (AvgIpc) is 2.78. The Bertz CT molecular complexity index is 1200. The Labute approximate surface area is 181 Å². The summed E-state index contributed by atoms with van der Waals surface area (Å²) in [6.07, 6.45) is 0. The minimum absolute atomic E-state index is 0.101. The number of carbonyl (C=O) groups is 1. The molecule has 1 aliphatic heterocycles. The van der Waals surface area contributed by atoms with Crippen LogP contribution < -0.4 is 14.8 Å². The van der Waals surface area contributed by atoms with Crippen LogP contribution in [0.1, 0.15) is 22.6 Å². The van der Waals surface area contributed by atoms with Crippen molar-refractivity contribution in [3.05, 3.63) is 114 Å². The molecule has 4 aromatic rings. The van der Waals surface area contributed by atoms with Gasteiger partial charge in [0.25, 0.3) is 0 Å². The predicted molar refractivity (Wildman–Crippen MR) is 121 cm³/mol. The van der Waals surface area contributed by atoms with Gasteiger partial charge in [-0.05, 0) is 61.0 Å². The van der Waals surface area contributed by atoms with Gasteiger partial charge in [0.1, 0.15) is 23.0 Å². The summed E-state index contributed by atoms with van der Waals surface area (Å²) in [5.41, 5.74) is 3.57. The predicted octanol–water partition coefficient (Wildman–Crippen LogP) is 6.66. The number of para-hydroxylation sites is 2. The number of hydrogen-bond donors (Lipinski definition) is 1. The molecule has 4 heteroatoms. The van der Waals surface area contributed by atoms with Gasteiger partial charge in [0.15, 0.2) is 0 Å². The molecule has 0 radical (unpaired) electrons. The Morgan fingerprint density at radius 2 is 1.42 bits per heavy atom. The van der Waals surface area contributed by atoms with Gasteiger partial charge in [-0.3, -0.25) is 4.79 Å². The number of fused-ring (bicyclic) bond motifs is 2. The zero-order chi connectivity index (χ0) is 21.2. The smallest absolute Gasteiger partial charge is 0.236 e. The Kier molecular flexibility index (Phi) is 4.89. The Morgan fingerprint density at radius 3 is 2.06 bits per heavy atom. The van der Waals surface area contributed by atoms with Gasteiger partial charge in [-0.1, -0.05) is 48.5 Å². The minimum Gasteiger partial charge on any atom is -0.457 e.